The predicted octanol–water partition coefficient (Wildman–Crippen LogP) is 1.30. The van der Waals surface area contributed by atoms with Gasteiger partial charge in [0, 0.05) is 13.0 Å². The zero-order valence-corrected chi connectivity index (χ0v) is 7.71. The van der Waals surface area contributed by atoms with E-state index in [-0.39, 0.29) is 5.79 Å². The number of unbranched alkanes of at least 4 members (excludes halogenated alkanes) is 2. The minimum absolute atomic E-state index is 0.290. The summed E-state index contributed by atoms with van der Waals surface area (Å²) in [6.45, 7) is 3.71. The largest absolute Gasteiger partial charge is 0.396 e. The van der Waals surface area contributed by atoms with E-state index in [9.17, 15) is 0 Å². The second-order valence-electron chi connectivity index (χ2n) is 3.37. The van der Waals surface area contributed by atoms with Gasteiger partial charge in [0.25, 0.3) is 0 Å². The standard InChI is InChI=1S/C9H18O3/c1-9(11-7-8-12-9)5-3-2-4-6-10/h10H,2-8H2,1H3. The Hall–Kier alpha value is -0.120. The Balaban J connectivity index is 2.05. The molecule has 0 unspecified atom stereocenters. The summed E-state index contributed by atoms with van der Waals surface area (Å²) < 4.78 is 10.9. The van der Waals surface area contributed by atoms with E-state index in [0.717, 1.165) is 38.9 Å². The Morgan fingerprint density at radius 1 is 1.17 bits per heavy atom. The predicted molar refractivity (Wildman–Crippen MR) is 45.9 cm³/mol. The summed E-state index contributed by atoms with van der Waals surface area (Å²) >= 11 is 0. The molecule has 0 saturated carbocycles. The van der Waals surface area contributed by atoms with E-state index < -0.39 is 0 Å². The van der Waals surface area contributed by atoms with E-state index in [1.54, 1.807) is 0 Å². The summed E-state index contributed by atoms with van der Waals surface area (Å²) in [7, 11) is 0. The van der Waals surface area contributed by atoms with E-state index in [2.05, 4.69) is 0 Å². The van der Waals surface area contributed by atoms with Crippen molar-refractivity contribution in [1.29, 1.82) is 0 Å². The summed E-state index contributed by atoms with van der Waals surface area (Å²) in [6, 6.07) is 0. The average molecular weight is 174 g/mol. The smallest absolute Gasteiger partial charge is 0.165 e. The minimum atomic E-state index is -0.338. The molecule has 0 atom stereocenters. The van der Waals surface area contributed by atoms with Crippen LogP contribution in [-0.2, 0) is 9.47 Å². The van der Waals surface area contributed by atoms with Crippen LogP contribution in [0, 0.1) is 0 Å². The van der Waals surface area contributed by atoms with Gasteiger partial charge in [0.15, 0.2) is 5.79 Å². The lowest BCUT2D eigenvalue weighted by Crippen LogP contribution is -2.25. The Labute approximate surface area is 73.7 Å². The molecule has 3 nitrogen and oxygen atoms in total. The van der Waals surface area contributed by atoms with Crippen LogP contribution in [0.15, 0.2) is 0 Å². The van der Waals surface area contributed by atoms with Gasteiger partial charge in [-0.2, -0.15) is 0 Å². The van der Waals surface area contributed by atoms with Gasteiger partial charge in [-0.05, 0) is 19.8 Å². The average Bonchev–Trinajstić information content (AvgIpc) is 2.47. The molecule has 1 N–H and O–H groups in total. The van der Waals surface area contributed by atoms with Gasteiger partial charge in [-0.25, -0.2) is 0 Å². The SMILES string of the molecule is CC1(CCCCCO)OCCO1. The normalized spacial score (nSPS) is 21.5. The van der Waals surface area contributed by atoms with Crippen molar-refractivity contribution in [3.05, 3.63) is 0 Å². The first-order valence-electron chi connectivity index (χ1n) is 4.66. The third-order valence-electron chi connectivity index (χ3n) is 2.19. The van der Waals surface area contributed by atoms with Gasteiger partial charge in [0.1, 0.15) is 0 Å². The molecule has 12 heavy (non-hydrogen) atoms. The lowest BCUT2D eigenvalue weighted by atomic mass is 10.1. The molecule has 1 aliphatic rings. The van der Waals surface area contributed by atoms with Crippen LogP contribution in [0.5, 0.6) is 0 Å². The van der Waals surface area contributed by atoms with Crippen molar-refractivity contribution in [2.24, 2.45) is 0 Å². The maximum atomic E-state index is 8.56. The highest BCUT2D eigenvalue weighted by Crippen LogP contribution is 2.24. The lowest BCUT2D eigenvalue weighted by Gasteiger charge is -2.21. The maximum absolute atomic E-state index is 8.56. The molecule has 0 amide bonds. The summed E-state index contributed by atoms with van der Waals surface area (Å²) in [5, 5.41) is 8.56. The summed E-state index contributed by atoms with van der Waals surface area (Å²) in [4.78, 5) is 0. The first-order chi connectivity index (χ1) is 5.77. The van der Waals surface area contributed by atoms with Crippen LogP contribution in [0.1, 0.15) is 32.6 Å². The van der Waals surface area contributed by atoms with E-state index in [4.69, 9.17) is 14.6 Å². The molecule has 0 aromatic rings. The molecule has 1 heterocycles. The van der Waals surface area contributed by atoms with Crippen molar-refractivity contribution in [2.75, 3.05) is 19.8 Å². The lowest BCUT2D eigenvalue weighted by molar-refractivity contribution is -0.147. The van der Waals surface area contributed by atoms with Crippen LogP contribution < -0.4 is 0 Å². The van der Waals surface area contributed by atoms with Crippen molar-refractivity contribution >= 4 is 0 Å². The van der Waals surface area contributed by atoms with Crippen molar-refractivity contribution in [3.8, 4) is 0 Å². The fourth-order valence-electron chi connectivity index (χ4n) is 1.44. The molecule has 0 aromatic carbocycles. The third-order valence-corrected chi connectivity index (χ3v) is 2.19. The Kier molecular flexibility index (Phi) is 3.98. The zero-order valence-electron chi connectivity index (χ0n) is 7.71. The molecule has 3 heteroatoms. The van der Waals surface area contributed by atoms with Crippen LogP contribution >= 0.6 is 0 Å². The summed E-state index contributed by atoms with van der Waals surface area (Å²) in [6.07, 6.45) is 3.94. The van der Waals surface area contributed by atoms with Crippen molar-refractivity contribution in [3.63, 3.8) is 0 Å². The number of rotatable bonds is 5. The molecule has 0 bridgehead atoms. The number of ether oxygens (including phenoxy) is 2. The van der Waals surface area contributed by atoms with Crippen molar-refractivity contribution in [2.45, 2.75) is 38.4 Å². The molecule has 1 rings (SSSR count). The monoisotopic (exact) mass is 174 g/mol. The van der Waals surface area contributed by atoms with Gasteiger partial charge < -0.3 is 14.6 Å². The molecule has 0 aliphatic carbocycles. The highest BCUT2D eigenvalue weighted by Gasteiger charge is 2.29. The first-order valence-corrected chi connectivity index (χ1v) is 4.66. The molecule has 1 aliphatic heterocycles. The highest BCUT2D eigenvalue weighted by atomic mass is 16.7. The van der Waals surface area contributed by atoms with Crippen molar-refractivity contribution in [1.82, 2.24) is 0 Å². The highest BCUT2D eigenvalue weighted by molar-refractivity contribution is 4.67. The Bertz CT molecular complexity index is 119. The van der Waals surface area contributed by atoms with E-state index in [0.29, 0.717) is 6.61 Å². The van der Waals surface area contributed by atoms with E-state index in [1.165, 1.54) is 0 Å². The van der Waals surface area contributed by atoms with Gasteiger partial charge in [-0.15, -0.1) is 0 Å². The van der Waals surface area contributed by atoms with Crippen LogP contribution in [0.3, 0.4) is 0 Å². The quantitative estimate of drug-likeness (QED) is 0.638. The third kappa shape index (κ3) is 3.09. The van der Waals surface area contributed by atoms with Gasteiger partial charge in [-0.3, -0.25) is 0 Å². The topological polar surface area (TPSA) is 38.7 Å². The molecule has 1 saturated heterocycles. The fraction of sp³-hybridized carbons (Fsp3) is 1.00. The zero-order chi connectivity index (χ0) is 8.86. The van der Waals surface area contributed by atoms with Crippen LogP contribution in [0.4, 0.5) is 0 Å². The molecule has 0 aromatic heterocycles. The molecular formula is C9H18O3. The van der Waals surface area contributed by atoms with Crippen LogP contribution in [-0.4, -0.2) is 30.7 Å². The second-order valence-corrected chi connectivity index (χ2v) is 3.37. The van der Waals surface area contributed by atoms with Crippen LogP contribution in [0.25, 0.3) is 0 Å². The maximum Gasteiger partial charge on any atom is 0.165 e. The number of aliphatic hydroxyl groups is 1. The Morgan fingerprint density at radius 3 is 2.42 bits per heavy atom. The molecule has 72 valence electrons. The molecule has 0 radical (unpaired) electrons. The summed E-state index contributed by atoms with van der Waals surface area (Å²) in [5.41, 5.74) is 0. The van der Waals surface area contributed by atoms with Gasteiger partial charge >= 0.3 is 0 Å². The molecular weight excluding hydrogens is 156 g/mol. The first kappa shape index (κ1) is 9.96. The fourth-order valence-corrected chi connectivity index (χ4v) is 1.44. The van der Waals surface area contributed by atoms with Gasteiger partial charge in [-0.1, -0.05) is 6.42 Å². The molecule has 0 spiro atoms. The van der Waals surface area contributed by atoms with E-state index in [1.807, 2.05) is 6.92 Å². The minimum Gasteiger partial charge on any atom is -0.396 e. The second kappa shape index (κ2) is 4.80. The molecule has 1 fully saturated rings. The number of hydrogen-bond donors (Lipinski definition) is 1. The van der Waals surface area contributed by atoms with Crippen molar-refractivity contribution < 1.29 is 14.6 Å². The van der Waals surface area contributed by atoms with Gasteiger partial charge in [0.05, 0.1) is 13.2 Å². The number of aliphatic hydroxyl groups excluding tert-OH is 1. The van der Waals surface area contributed by atoms with E-state index >= 15 is 0 Å². The Morgan fingerprint density at radius 2 is 1.83 bits per heavy atom. The number of hydrogen-bond acceptors (Lipinski definition) is 3. The summed E-state index contributed by atoms with van der Waals surface area (Å²) in [5.74, 6) is -0.338. The van der Waals surface area contributed by atoms with Crippen LogP contribution in [0.2, 0.25) is 0 Å². The van der Waals surface area contributed by atoms with Gasteiger partial charge in [0.2, 0.25) is 0 Å².